The molecule has 7 nitrogen and oxygen atoms in total. The lowest BCUT2D eigenvalue weighted by Gasteiger charge is -2.24. The number of aryl methyl sites for hydroxylation is 1. The van der Waals surface area contributed by atoms with E-state index >= 15 is 0 Å². The van der Waals surface area contributed by atoms with E-state index in [2.05, 4.69) is 5.32 Å². The number of carbonyl (C=O) groups is 1. The molecule has 0 spiro atoms. The Morgan fingerprint density at radius 3 is 2.31 bits per heavy atom. The lowest BCUT2D eigenvalue weighted by molar-refractivity contribution is -0.114. The highest BCUT2D eigenvalue weighted by Crippen LogP contribution is 2.31. The highest BCUT2D eigenvalue weighted by Gasteiger charge is 2.27. The summed E-state index contributed by atoms with van der Waals surface area (Å²) in [5, 5.41) is 4.73. The number of benzene rings is 4. The van der Waals surface area contributed by atoms with Crippen molar-refractivity contribution in [3.8, 4) is 5.75 Å². The van der Waals surface area contributed by atoms with Gasteiger partial charge in [0.1, 0.15) is 23.5 Å². The molecule has 0 saturated carbocycles. The van der Waals surface area contributed by atoms with Crippen LogP contribution in [0.5, 0.6) is 5.75 Å². The van der Waals surface area contributed by atoms with Crippen LogP contribution in [0, 0.1) is 6.92 Å². The van der Waals surface area contributed by atoms with Gasteiger partial charge in [0, 0.05) is 22.5 Å². The highest BCUT2D eigenvalue weighted by molar-refractivity contribution is 7.92. The number of methoxy groups -OCH3 is 1. The standard InChI is InChI=1S/C28H24N2O5S/c1-19-7-14-23(15-8-19)36(32,33)30(21-10-12-22(34-2)13-11-21)18-28(31)29-20-9-16-25-24-5-3-4-6-26(24)35-27(25)17-20/h3-17H,18H2,1-2H3,(H,29,31). The SMILES string of the molecule is COc1ccc(N(CC(=O)Nc2ccc3c(c2)oc2ccccc23)S(=O)(=O)c2ccc(C)cc2)cc1. The molecule has 0 aliphatic heterocycles. The fourth-order valence-corrected chi connectivity index (χ4v) is 5.46. The van der Waals surface area contributed by atoms with E-state index in [1.54, 1.807) is 48.5 Å². The van der Waals surface area contributed by atoms with Crippen LogP contribution >= 0.6 is 0 Å². The van der Waals surface area contributed by atoms with Crippen LogP contribution in [0.4, 0.5) is 11.4 Å². The minimum absolute atomic E-state index is 0.0976. The van der Waals surface area contributed by atoms with Gasteiger partial charge in [0.15, 0.2) is 0 Å². The Hall–Kier alpha value is -4.30. The summed E-state index contributed by atoms with van der Waals surface area (Å²) in [5.74, 6) is 0.0898. The van der Waals surface area contributed by atoms with Crippen molar-refractivity contribution in [2.45, 2.75) is 11.8 Å². The average Bonchev–Trinajstić information content (AvgIpc) is 3.25. The average molecular weight is 501 g/mol. The van der Waals surface area contributed by atoms with E-state index in [0.717, 1.165) is 26.2 Å². The Balaban J connectivity index is 1.45. The van der Waals surface area contributed by atoms with E-state index in [-0.39, 0.29) is 4.90 Å². The molecule has 5 aromatic rings. The fourth-order valence-electron chi connectivity index (χ4n) is 4.04. The van der Waals surface area contributed by atoms with E-state index in [1.807, 2.05) is 37.3 Å². The molecule has 0 radical (unpaired) electrons. The molecule has 1 heterocycles. The number of carbonyl (C=O) groups excluding carboxylic acids is 1. The van der Waals surface area contributed by atoms with Crippen LogP contribution in [0.15, 0.2) is 100 Å². The normalized spacial score (nSPS) is 11.5. The maximum atomic E-state index is 13.6. The first kappa shape index (κ1) is 23.4. The summed E-state index contributed by atoms with van der Waals surface area (Å²) < 4.78 is 39.3. The van der Waals surface area contributed by atoms with Crippen LogP contribution in [0.3, 0.4) is 0 Å². The minimum atomic E-state index is -4.02. The van der Waals surface area contributed by atoms with Crippen LogP contribution in [0.25, 0.3) is 21.9 Å². The summed E-state index contributed by atoms with van der Waals surface area (Å²) in [4.78, 5) is 13.2. The predicted octanol–water partition coefficient (Wildman–Crippen LogP) is 5.74. The molecule has 1 N–H and O–H groups in total. The van der Waals surface area contributed by atoms with Crippen molar-refractivity contribution < 1.29 is 22.4 Å². The molecule has 0 saturated heterocycles. The van der Waals surface area contributed by atoms with E-state index in [9.17, 15) is 13.2 Å². The number of nitrogens with one attached hydrogen (secondary N) is 1. The second kappa shape index (κ2) is 9.39. The van der Waals surface area contributed by atoms with Gasteiger partial charge in [-0.15, -0.1) is 0 Å². The second-order valence-electron chi connectivity index (χ2n) is 8.38. The van der Waals surface area contributed by atoms with E-state index in [1.165, 1.54) is 19.2 Å². The summed E-state index contributed by atoms with van der Waals surface area (Å²) in [5.41, 5.74) is 3.18. The van der Waals surface area contributed by atoms with Gasteiger partial charge in [-0.05, 0) is 61.5 Å². The van der Waals surface area contributed by atoms with Crippen molar-refractivity contribution >= 4 is 49.2 Å². The van der Waals surface area contributed by atoms with Crippen LogP contribution in [0.1, 0.15) is 5.56 Å². The van der Waals surface area contributed by atoms with Gasteiger partial charge in [0.05, 0.1) is 17.7 Å². The van der Waals surface area contributed by atoms with Crippen LogP contribution in [-0.2, 0) is 14.8 Å². The van der Waals surface area contributed by atoms with Crippen molar-refractivity contribution in [2.24, 2.45) is 0 Å². The number of ether oxygens (including phenoxy) is 1. The van der Waals surface area contributed by atoms with Gasteiger partial charge in [0.25, 0.3) is 10.0 Å². The number of nitrogens with zero attached hydrogens (tertiary/aromatic N) is 1. The molecule has 0 atom stereocenters. The molecule has 36 heavy (non-hydrogen) atoms. The van der Waals surface area contributed by atoms with Gasteiger partial charge in [-0.1, -0.05) is 35.9 Å². The van der Waals surface area contributed by atoms with E-state index < -0.39 is 22.5 Å². The number of fused-ring (bicyclic) bond motifs is 3. The molecule has 0 unspecified atom stereocenters. The lowest BCUT2D eigenvalue weighted by atomic mass is 10.1. The van der Waals surface area contributed by atoms with Crippen molar-refractivity contribution in [2.75, 3.05) is 23.3 Å². The Labute approximate surface area is 209 Å². The number of furan rings is 1. The largest absolute Gasteiger partial charge is 0.497 e. The summed E-state index contributed by atoms with van der Waals surface area (Å²) >= 11 is 0. The zero-order valence-corrected chi connectivity index (χ0v) is 20.6. The monoisotopic (exact) mass is 500 g/mol. The molecule has 4 aromatic carbocycles. The molecule has 5 rings (SSSR count). The maximum Gasteiger partial charge on any atom is 0.264 e. The first-order chi connectivity index (χ1) is 17.3. The van der Waals surface area contributed by atoms with Crippen molar-refractivity contribution in [3.63, 3.8) is 0 Å². The third-order valence-corrected chi connectivity index (χ3v) is 7.71. The molecule has 0 bridgehead atoms. The van der Waals surface area contributed by atoms with Gasteiger partial charge in [-0.25, -0.2) is 8.42 Å². The smallest absolute Gasteiger partial charge is 0.264 e. The Kier molecular flexibility index (Phi) is 6.12. The van der Waals surface area contributed by atoms with Crippen molar-refractivity contribution in [1.29, 1.82) is 0 Å². The van der Waals surface area contributed by atoms with Gasteiger partial charge < -0.3 is 14.5 Å². The molecule has 8 heteroatoms. The van der Waals surface area contributed by atoms with Crippen molar-refractivity contribution in [3.05, 3.63) is 96.6 Å². The van der Waals surface area contributed by atoms with Crippen LogP contribution < -0.4 is 14.4 Å². The maximum absolute atomic E-state index is 13.6. The van der Waals surface area contributed by atoms with E-state index in [4.69, 9.17) is 9.15 Å². The lowest BCUT2D eigenvalue weighted by Crippen LogP contribution is -2.38. The highest BCUT2D eigenvalue weighted by atomic mass is 32.2. The number of anilines is 2. The summed E-state index contributed by atoms with van der Waals surface area (Å²) in [6.45, 7) is 1.46. The number of amides is 1. The van der Waals surface area contributed by atoms with E-state index in [0.29, 0.717) is 22.7 Å². The third kappa shape index (κ3) is 4.50. The number of hydrogen-bond acceptors (Lipinski definition) is 5. The number of hydrogen-bond donors (Lipinski definition) is 1. The second-order valence-corrected chi connectivity index (χ2v) is 10.2. The molecule has 0 aliphatic rings. The molecule has 0 fully saturated rings. The Bertz CT molecular complexity index is 1660. The summed E-state index contributed by atoms with van der Waals surface area (Å²) in [7, 11) is -2.49. The summed E-state index contributed by atoms with van der Waals surface area (Å²) in [6, 6.07) is 26.1. The van der Waals surface area contributed by atoms with Gasteiger partial charge in [-0.3, -0.25) is 9.10 Å². The summed E-state index contributed by atoms with van der Waals surface area (Å²) in [6.07, 6.45) is 0. The zero-order chi connectivity index (χ0) is 25.3. The minimum Gasteiger partial charge on any atom is -0.497 e. The van der Waals surface area contributed by atoms with Crippen LogP contribution in [-0.4, -0.2) is 28.0 Å². The fraction of sp³-hybridized carbons (Fsp3) is 0.107. The predicted molar refractivity (Wildman–Crippen MR) is 141 cm³/mol. The zero-order valence-electron chi connectivity index (χ0n) is 19.8. The van der Waals surface area contributed by atoms with Crippen LogP contribution in [0.2, 0.25) is 0 Å². The van der Waals surface area contributed by atoms with Crippen molar-refractivity contribution in [1.82, 2.24) is 0 Å². The Morgan fingerprint density at radius 1 is 0.889 bits per heavy atom. The molecule has 0 aliphatic carbocycles. The molecule has 182 valence electrons. The number of rotatable bonds is 7. The molecular formula is C28H24N2O5S. The van der Waals surface area contributed by atoms with Gasteiger partial charge in [0.2, 0.25) is 5.91 Å². The third-order valence-electron chi connectivity index (χ3n) is 5.92. The van der Waals surface area contributed by atoms with Gasteiger partial charge >= 0.3 is 0 Å². The number of sulfonamides is 1. The molecular weight excluding hydrogens is 476 g/mol. The number of para-hydroxylation sites is 1. The first-order valence-electron chi connectivity index (χ1n) is 11.3. The van der Waals surface area contributed by atoms with Gasteiger partial charge in [-0.2, -0.15) is 0 Å². The quantitative estimate of drug-likeness (QED) is 0.308. The first-order valence-corrected chi connectivity index (χ1v) is 12.7. The molecule has 1 aromatic heterocycles. The topological polar surface area (TPSA) is 88.8 Å². The Morgan fingerprint density at radius 2 is 1.58 bits per heavy atom. The molecule has 1 amide bonds.